The van der Waals surface area contributed by atoms with Gasteiger partial charge in [-0.05, 0) is 41.5 Å². The van der Waals surface area contributed by atoms with Crippen LogP contribution in [0.15, 0.2) is 40.9 Å². The molecule has 0 saturated heterocycles. The Morgan fingerprint density at radius 3 is 2.86 bits per heavy atom. The normalized spacial score (nSPS) is 13.0. The van der Waals surface area contributed by atoms with Gasteiger partial charge >= 0.3 is 0 Å². The standard InChI is InChI=1S/C16H14BrFN2O/c17-14-3-4-15(18)13(6-14)9-20-16(21)10-1-2-11-7-19-8-12(11)5-10/h1-6,19H,7-9H2,(H,20,21). The van der Waals surface area contributed by atoms with E-state index in [1.165, 1.54) is 11.6 Å². The number of benzene rings is 2. The third-order valence-electron chi connectivity index (χ3n) is 3.55. The molecule has 0 atom stereocenters. The fraction of sp³-hybridized carbons (Fsp3) is 0.188. The summed E-state index contributed by atoms with van der Waals surface area (Å²) in [5, 5.41) is 5.99. The molecular weight excluding hydrogens is 335 g/mol. The molecular formula is C16H14BrFN2O. The second kappa shape index (κ2) is 5.95. The van der Waals surface area contributed by atoms with Gasteiger partial charge in [-0.3, -0.25) is 4.79 Å². The number of hydrogen-bond acceptors (Lipinski definition) is 2. The first-order valence-corrected chi connectivity index (χ1v) is 7.47. The summed E-state index contributed by atoms with van der Waals surface area (Å²) in [6, 6.07) is 10.3. The van der Waals surface area contributed by atoms with Crippen LogP contribution in [-0.4, -0.2) is 5.91 Å². The highest BCUT2D eigenvalue weighted by Crippen LogP contribution is 2.18. The van der Waals surface area contributed by atoms with Crippen molar-refractivity contribution in [1.82, 2.24) is 10.6 Å². The van der Waals surface area contributed by atoms with Crippen LogP contribution in [-0.2, 0) is 19.6 Å². The van der Waals surface area contributed by atoms with Crippen LogP contribution in [0.2, 0.25) is 0 Å². The molecule has 1 aliphatic rings. The highest BCUT2D eigenvalue weighted by molar-refractivity contribution is 9.10. The Hall–Kier alpha value is -1.72. The molecule has 108 valence electrons. The lowest BCUT2D eigenvalue weighted by molar-refractivity contribution is 0.0950. The quantitative estimate of drug-likeness (QED) is 0.894. The average molecular weight is 349 g/mol. The third-order valence-corrected chi connectivity index (χ3v) is 4.04. The number of hydrogen-bond donors (Lipinski definition) is 2. The number of nitrogens with one attached hydrogen (secondary N) is 2. The molecule has 3 rings (SSSR count). The molecule has 2 aromatic rings. The molecule has 1 heterocycles. The predicted molar refractivity (Wildman–Crippen MR) is 82.3 cm³/mol. The molecule has 0 aliphatic carbocycles. The number of amides is 1. The zero-order valence-electron chi connectivity index (χ0n) is 11.2. The van der Waals surface area contributed by atoms with Gasteiger partial charge in [-0.25, -0.2) is 4.39 Å². The first kappa shape index (κ1) is 14.2. The summed E-state index contributed by atoms with van der Waals surface area (Å²) in [5.41, 5.74) is 3.44. The fourth-order valence-corrected chi connectivity index (χ4v) is 2.80. The van der Waals surface area contributed by atoms with Crippen molar-refractivity contribution < 1.29 is 9.18 Å². The Bertz CT molecular complexity index is 703. The molecule has 0 fully saturated rings. The van der Waals surface area contributed by atoms with Crippen molar-refractivity contribution in [3.63, 3.8) is 0 Å². The summed E-state index contributed by atoms with van der Waals surface area (Å²) < 4.78 is 14.4. The summed E-state index contributed by atoms with van der Waals surface area (Å²) >= 11 is 3.30. The summed E-state index contributed by atoms with van der Waals surface area (Å²) in [4.78, 5) is 12.1. The Labute approximate surface area is 130 Å². The Kier molecular flexibility index (Phi) is 4.03. The lowest BCUT2D eigenvalue weighted by Crippen LogP contribution is -2.23. The zero-order valence-corrected chi connectivity index (χ0v) is 12.8. The van der Waals surface area contributed by atoms with Crippen molar-refractivity contribution in [3.05, 3.63) is 68.9 Å². The lowest BCUT2D eigenvalue weighted by Gasteiger charge is -2.08. The minimum atomic E-state index is -0.323. The Balaban J connectivity index is 1.70. The van der Waals surface area contributed by atoms with Gasteiger partial charge in [-0.1, -0.05) is 22.0 Å². The number of fused-ring (bicyclic) bond motifs is 1. The highest BCUT2D eigenvalue weighted by Gasteiger charge is 2.13. The van der Waals surface area contributed by atoms with Gasteiger partial charge < -0.3 is 10.6 Å². The molecule has 5 heteroatoms. The van der Waals surface area contributed by atoms with Gasteiger partial charge in [0.2, 0.25) is 0 Å². The van der Waals surface area contributed by atoms with E-state index < -0.39 is 0 Å². The number of carbonyl (C=O) groups excluding carboxylic acids is 1. The minimum Gasteiger partial charge on any atom is -0.348 e. The maximum absolute atomic E-state index is 13.6. The van der Waals surface area contributed by atoms with Crippen LogP contribution >= 0.6 is 15.9 Å². The first-order valence-electron chi connectivity index (χ1n) is 6.68. The maximum atomic E-state index is 13.6. The number of halogens is 2. The van der Waals surface area contributed by atoms with Gasteiger partial charge in [0.05, 0.1) is 0 Å². The number of carbonyl (C=O) groups is 1. The largest absolute Gasteiger partial charge is 0.348 e. The van der Waals surface area contributed by atoms with Crippen molar-refractivity contribution in [2.75, 3.05) is 0 Å². The SMILES string of the molecule is O=C(NCc1cc(Br)ccc1F)c1ccc2c(c1)CNC2. The van der Waals surface area contributed by atoms with E-state index in [0.29, 0.717) is 11.1 Å². The average Bonchev–Trinajstić information content (AvgIpc) is 2.95. The predicted octanol–water partition coefficient (Wildman–Crippen LogP) is 3.12. The van der Waals surface area contributed by atoms with E-state index in [9.17, 15) is 9.18 Å². The smallest absolute Gasteiger partial charge is 0.251 e. The van der Waals surface area contributed by atoms with E-state index >= 15 is 0 Å². The van der Waals surface area contributed by atoms with Crippen LogP contribution in [0.4, 0.5) is 4.39 Å². The molecule has 1 aliphatic heterocycles. The minimum absolute atomic E-state index is 0.166. The second-order valence-electron chi connectivity index (χ2n) is 5.01. The molecule has 2 aromatic carbocycles. The van der Waals surface area contributed by atoms with Crippen LogP contribution in [0.25, 0.3) is 0 Å². The van der Waals surface area contributed by atoms with Crippen molar-refractivity contribution in [2.45, 2.75) is 19.6 Å². The van der Waals surface area contributed by atoms with Crippen LogP contribution in [0, 0.1) is 5.82 Å². The Morgan fingerprint density at radius 1 is 1.19 bits per heavy atom. The topological polar surface area (TPSA) is 41.1 Å². The summed E-state index contributed by atoms with van der Waals surface area (Å²) in [7, 11) is 0. The van der Waals surface area contributed by atoms with E-state index in [2.05, 4.69) is 26.6 Å². The molecule has 0 radical (unpaired) electrons. The van der Waals surface area contributed by atoms with Gasteiger partial charge in [0.15, 0.2) is 0 Å². The first-order chi connectivity index (χ1) is 10.1. The molecule has 0 bridgehead atoms. The summed E-state index contributed by atoms with van der Waals surface area (Å²) in [5.74, 6) is -0.513. The molecule has 0 unspecified atom stereocenters. The lowest BCUT2D eigenvalue weighted by atomic mass is 10.1. The van der Waals surface area contributed by atoms with Crippen molar-refractivity contribution in [2.24, 2.45) is 0 Å². The van der Waals surface area contributed by atoms with E-state index in [1.54, 1.807) is 18.2 Å². The highest BCUT2D eigenvalue weighted by atomic mass is 79.9. The summed E-state index contributed by atoms with van der Waals surface area (Å²) in [6.07, 6.45) is 0. The monoisotopic (exact) mass is 348 g/mol. The maximum Gasteiger partial charge on any atom is 0.251 e. The number of rotatable bonds is 3. The van der Waals surface area contributed by atoms with Crippen LogP contribution < -0.4 is 10.6 Å². The summed E-state index contributed by atoms with van der Waals surface area (Å²) in [6.45, 7) is 1.80. The van der Waals surface area contributed by atoms with Crippen molar-refractivity contribution in [1.29, 1.82) is 0 Å². The second-order valence-corrected chi connectivity index (χ2v) is 5.92. The molecule has 0 saturated carbocycles. The Morgan fingerprint density at radius 2 is 2.00 bits per heavy atom. The fourth-order valence-electron chi connectivity index (χ4n) is 2.39. The molecule has 1 amide bonds. The van der Waals surface area contributed by atoms with Gasteiger partial charge in [-0.2, -0.15) is 0 Å². The van der Waals surface area contributed by atoms with E-state index in [0.717, 1.165) is 23.1 Å². The van der Waals surface area contributed by atoms with Crippen molar-refractivity contribution in [3.8, 4) is 0 Å². The molecule has 21 heavy (non-hydrogen) atoms. The third kappa shape index (κ3) is 3.14. The van der Waals surface area contributed by atoms with Crippen molar-refractivity contribution >= 4 is 21.8 Å². The van der Waals surface area contributed by atoms with Gasteiger partial charge in [-0.15, -0.1) is 0 Å². The van der Waals surface area contributed by atoms with E-state index in [1.807, 2.05) is 12.1 Å². The van der Waals surface area contributed by atoms with E-state index in [4.69, 9.17) is 0 Å². The molecule has 0 aromatic heterocycles. The van der Waals surface area contributed by atoms with Gasteiger partial charge in [0.25, 0.3) is 5.91 Å². The molecule has 2 N–H and O–H groups in total. The van der Waals surface area contributed by atoms with Crippen LogP contribution in [0.3, 0.4) is 0 Å². The molecule has 3 nitrogen and oxygen atoms in total. The van der Waals surface area contributed by atoms with Crippen LogP contribution in [0.1, 0.15) is 27.0 Å². The van der Waals surface area contributed by atoms with Crippen LogP contribution in [0.5, 0.6) is 0 Å². The zero-order chi connectivity index (χ0) is 14.8. The van der Waals surface area contributed by atoms with Gasteiger partial charge in [0.1, 0.15) is 5.82 Å². The van der Waals surface area contributed by atoms with E-state index in [-0.39, 0.29) is 18.3 Å². The van der Waals surface area contributed by atoms with Gasteiger partial charge in [0, 0.05) is 35.2 Å². The molecule has 0 spiro atoms.